The Morgan fingerprint density at radius 2 is 2.26 bits per heavy atom. The number of nitrogens with zero attached hydrogens (tertiary/aromatic N) is 1. The summed E-state index contributed by atoms with van der Waals surface area (Å²) >= 11 is 0. The summed E-state index contributed by atoms with van der Waals surface area (Å²) in [4.78, 5) is 4.14. The SMILES string of the molecule is CC1CC1c1ccc(CN[C@H](C)c2cccnc2)o1. The summed E-state index contributed by atoms with van der Waals surface area (Å²) in [5.41, 5.74) is 1.20. The van der Waals surface area contributed by atoms with Gasteiger partial charge < -0.3 is 9.73 Å². The van der Waals surface area contributed by atoms with Gasteiger partial charge in [-0.25, -0.2) is 0 Å². The molecule has 1 aliphatic carbocycles. The summed E-state index contributed by atoms with van der Waals surface area (Å²) in [6.45, 7) is 5.18. The fourth-order valence-electron chi connectivity index (χ4n) is 2.41. The summed E-state index contributed by atoms with van der Waals surface area (Å²) in [6.07, 6.45) is 4.97. The van der Waals surface area contributed by atoms with Crippen LogP contribution in [0.4, 0.5) is 0 Å². The highest BCUT2D eigenvalue weighted by molar-refractivity contribution is 5.18. The Morgan fingerprint density at radius 1 is 1.42 bits per heavy atom. The average molecular weight is 256 g/mol. The minimum atomic E-state index is 0.280. The molecule has 0 aromatic carbocycles. The lowest BCUT2D eigenvalue weighted by atomic mass is 10.1. The number of rotatable bonds is 5. The third-order valence-electron chi connectivity index (χ3n) is 3.92. The van der Waals surface area contributed by atoms with Crippen LogP contribution in [0.2, 0.25) is 0 Å². The molecule has 100 valence electrons. The van der Waals surface area contributed by atoms with Crippen molar-refractivity contribution in [1.29, 1.82) is 0 Å². The highest BCUT2D eigenvalue weighted by Gasteiger charge is 2.36. The molecule has 3 nitrogen and oxygen atoms in total. The van der Waals surface area contributed by atoms with Crippen LogP contribution in [-0.4, -0.2) is 4.98 Å². The lowest BCUT2D eigenvalue weighted by Crippen LogP contribution is -2.17. The van der Waals surface area contributed by atoms with Crippen LogP contribution in [0.1, 0.15) is 49.3 Å². The maximum atomic E-state index is 5.89. The Kier molecular flexibility index (Phi) is 3.38. The summed E-state index contributed by atoms with van der Waals surface area (Å²) in [7, 11) is 0. The number of nitrogens with one attached hydrogen (secondary N) is 1. The van der Waals surface area contributed by atoms with Crippen molar-refractivity contribution in [2.24, 2.45) is 5.92 Å². The zero-order valence-electron chi connectivity index (χ0n) is 11.5. The van der Waals surface area contributed by atoms with E-state index in [-0.39, 0.29) is 6.04 Å². The van der Waals surface area contributed by atoms with Crippen molar-refractivity contribution < 1.29 is 4.42 Å². The number of aromatic nitrogens is 1. The zero-order chi connectivity index (χ0) is 13.2. The molecule has 3 rings (SSSR count). The van der Waals surface area contributed by atoms with E-state index in [2.05, 4.69) is 42.3 Å². The normalized spacial score (nSPS) is 23.3. The maximum Gasteiger partial charge on any atom is 0.117 e. The molecule has 3 atom stereocenters. The molecule has 2 unspecified atom stereocenters. The van der Waals surface area contributed by atoms with Gasteiger partial charge in [0, 0.05) is 24.4 Å². The molecule has 0 amide bonds. The Hall–Kier alpha value is -1.61. The third-order valence-corrected chi connectivity index (χ3v) is 3.92. The first-order chi connectivity index (χ1) is 9.24. The van der Waals surface area contributed by atoms with E-state index >= 15 is 0 Å². The van der Waals surface area contributed by atoms with Crippen LogP contribution in [0.25, 0.3) is 0 Å². The largest absolute Gasteiger partial charge is 0.464 e. The first-order valence-electron chi connectivity index (χ1n) is 6.96. The molecule has 0 aliphatic heterocycles. The van der Waals surface area contributed by atoms with Crippen LogP contribution in [0.3, 0.4) is 0 Å². The molecule has 2 aromatic rings. The van der Waals surface area contributed by atoms with Crippen LogP contribution < -0.4 is 5.32 Å². The second-order valence-corrected chi connectivity index (χ2v) is 5.51. The van der Waals surface area contributed by atoms with Gasteiger partial charge in [-0.3, -0.25) is 4.98 Å². The first kappa shape index (κ1) is 12.4. The van der Waals surface area contributed by atoms with E-state index in [1.54, 1.807) is 6.20 Å². The monoisotopic (exact) mass is 256 g/mol. The molecule has 1 fully saturated rings. The van der Waals surface area contributed by atoms with E-state index in [1.807, 2.05) is 12.3 Å². The Bertz CT molecular complexity index is 535. The van der Waals surface area contributed by atoms with Gasteiger partial charge in [0.05, 0.1) is 6.54 Å². The Morgan fingerprint density at radius 3 is 2.95 bits per heavy atom. The molecule has 1 aliphatic rings. The summed E-state index contributed by atoms with van der Waals surface area (Å²) < 4.78 is 5.89. The molecule has 0 saturated heterocycles. The number of furan rings is 1. The van der Waals surface area contributed by atoms with Gasteiger partial charge in [-0.1, -0.05) is 13.0 Å². The second kappa shape index (κ2) is 5.17. The molecular weight excluding hydrogens is 236 g/mol. The molecule has 1 saturated carbocycles. The van der Waals surface area contributed by atoms with Crippen LogP contribution >= 0.6 is 0 Å². The summed E-state index contributed by atoms with van der Waals surface area (Å²) in [6, 6.07) is 8.54. The number of pyridine rings is 1. The van der Waals surface area contributed by atoms with Gasteiger partial charge in [0.25, 0.3) is 0 Å². The highest BCUT2D eigenvalue weighted by Crippen LogP contribution is 2.47. The molecule has 3 heteroatoms. The van der Waals surface area contributed by atoms with E-state index in [4.69, 9.17) is 4.42 Å². The van der Waals surface area contributed by atoms with Crippen molar-refractivity contribution in [2.75, 3.05) is 0 Å². The smallest absolute Gasteiger partial charge is 0.117 e. The van der Waals surface area contributed by atoms with Crippen molar-refractivity contribution in [3.05, 3.63) is 53.7 Å². The molecule has 19 heavy (non-hydrogen) atoms. The number of hydrogen-bond acceptors (Lipinski definition) is 3. The molecule has 0 radical (unpaired) electrons. The van der Waals surface area contributed by atoms with Gasteiger partial charge in [0.2, 0.25) is 0 Å². The predicted molar refractivity (Wildman–Crippen MR) is 74.7 cm³/mol. The molecule has 0 spiro atoms. The van der Waals surface area contributed by atoms with E-state index < -0.39 is 0 Å². The van der Waals surface area contributed by atoms with Crippen LogP contribution in [-0.2, 0) is 6.54 Å². The minimum Gasteiger partial charge on any atom is -0.464 e. The van der Waals surface area contributed by atoms with E-state index in [0.29, 0.717) is 5.92 Å². The molecular formula is C16H20N2O. The van der Waals surface area contributed by atoms with Gasteiger partial charge in [-0.2, -0.15) is 0 Å². The molecule has 2 heterocycles. The van der Waals surface area contributed by atoms with Gasteiger partial charge in [-0.05, 0) is 43.0 Å². The van der Waals surface area contributed by atoms with Gasteiger partial charge in [-0.15, -0.1) is 0 Å². The van der Waals surface area contributed by atoms with Crippen molar-refractivity contribution >= 4 is 0 Å². The fraction of sp³-hybridized carbons (Fsp3) is 0.438. The van der Waals surface area contributed by atoms with E-state index in [9.17, 15) is 0 Å². The second-order valence-electron chi connectivity index (χ2n) is 5.51. The highest BCUT2D eigenvalue weighted by atomic mass is 16.3. The van der Waals surface area contributed by atoms with Crippen molar-refractivity contribution in [3.8, 4) is 0 Å². The van der Waals surface area contributed by atoms with E-state index in [0.717, 1.165) is 24.0 Å². The van der Waals surface area contributed by atoms with Crippen molar-refractivity contribution in [1.82, 2.24) is 10.3 Å². The number of hydrogen-bond donors (Lipinski definition) is 1. The molecule has 0 bridgehead atoms. The zero-order valence-corrected chi connectivity index (χ0v) is 11.5. The van der Waals surface area contributed by atoms with Gasteiger partial charge in [0.15, 0.2) is 0 Å². The summed E-state index contributed by atoms with van der Waals surface area (Å²) in [5.74, 6) is 3.62. The van der Waals surface area contributed by atoms with Crippen LogP contribution in [0.15, 0.2) is 41.1 Å². The van der Waals surface area contributed by atoms with Crippen LogP contribution in [0.5, 0.6) is 0 Å². The fourth-order valence-corrected chi connectivity index (χ4v) is 2.41. The summed E-state index contributed by atoms with van der Waals surface area (Å²) in [5, 5.41) is 3.47. The molecule has 2 aromatic heterocycles. The lowest BCUT2D eigenvalue weighted by molar-refractivity contribution is 0.430. The minimum absolute atomic E-state index is 0.280. The predicted octanol–water partition coefficient (Wildman–Crippen LogP) is 3.65. The van der Waals surface area contributed by atoms with Gasteiger partial charge in [0.1, 0.15) is 11.5 Å². The Balaban J connectivity index is 1.56. The quantitative estimate of drug-likeness (QED) is 0.887. The van der Waals surface area contributed by atoms with Crippen molar-refractivity contribution in [2.45, 2.75) is 38.8 Å². The first-order valence-corrected chi connectivity index (χ1v) is 6.96. The maximum absolute atomic E-state index is 5.89. The van der Waals surface area contributed by atoms with E-state index in [1.165, 1.54) is 12.0 Å². The lowest BCUT2D eigenvalue weighted by Gasteiger charge is -2.12. The van der Waals surface area contributed by atoms with Gasteiger partial charge >= 0.3 is 0 Å². The Labute approximate surface area is 114 Å². The average Bonchev–Trinajstić information content (AvgIpc) is 3.00. The third kappa shape index (κ3) is 2.87. The standard InChI is InChI=1S/C16H20N2O/c1-11-8-15(11)16-6-5-14(19-16)10-18-12(2)13-4-3-7-17-9-13/h3-7,9,11-12,15,18H,8,10H2,1-2H3/t11?,12-,15?/m1/s1. The van der Waals surface area contributed by atoms with Crippen LogP contribution in [0, 0.1) is 5.92 Å². The topological polar surface area (TPSA) is 38.1 Å². The van der Waals surface area contributed by atoms with Crippen molar-refractivity contribution in [3.63, 3.8) is 0 Å². The molecule has 1 N–H and O–H groups in total.